The molecule has 0 saturated carbocycles. The van der Waals surface area contributed by atoms with Gasteiger partial charge >= 0.3 is 0 Å². The molecule has 1 N–H and O–H groups in total. The van der Waals surface area contributed by atoms with Gasteiger partial charge < -0.3 is 10.1 Å². The molecule has 1 aliphatic heterocycles. The van der Waals surface area contributed by atoms with Crippen LogP contribution in [0.25, 0.3) is 0 Å². The second-order valence-electron chi connectivity index (χ2n) is 5.53. The van der Waals surface area contributed by atoms with E-state index in [1.807, 2.05) is 0 Å². The number of methoxy groups -OCH3 is 1. The van der Waals surface area contributed by atoms with E-state index in [1.54, 1.807) is 6.07 Å². The van der Waals surface area contributed by atoms with Gasteiger partial charge in [0.25, 0.3) is 0 Å². The summed E-state index contributed by atoms with van der Waals surface area (Å²) in [5, 5.41) is 3.35. The van der Waals surface area contributed by atoms with Crippen molar-refractivity contribution in [2.45, 2.75) is 26.2 Å². The largest absolute Gasteiger partial charge is 0.494 e. The van der Waals surface area contributed by atoms with Gasteiger partial charge in [0.1, 0.15) is 0 Å². The second-order valence-corrected chi connectivity index (χ2v) is 5.53. The van der Waals surface area contributed by atoms with Crippen molar-refractivity contribution in [1.82, 2.24) is 5.32 Å². The molecule has 4 heteroatoms. The Labute approximate surface area is 119 Å². The summed E-state index contributed by atoms with van der Waals surface area (Å²) in [6, 6.07) is 4.72. The fraction of sp³-hybridized carbons (Fsp3) is 0.562. The van der Waals surface area contributed by atoms with Gasteiger partial charge in [-0.3, -0.25) is 4.79 Å². The number of nitrogens with one attached hydrogen (secondary N) is 1. The Bertz CT molecular complexity index is 470. The smallest absolute Gasteiger partial charge is 0.175 e. The lowest BCUT2D eigenvalue weighted by molar-refractivity contribution is 0.0938. The van der Waals surface area contributed by atoms with Crippen LogP contribution in [0.2, 0.25) is 0 Å². The van der Waals surface area contributed by atoms with Crippen molar-refractivity contribution < 1.29 is 13.9 Å². The van der Waals surface area contributed by atoms with Gasteiger partial charge in [-0.25, -0.2) is 4.39 Å². The highest BCUT2D eigenvalue weighted by atomic mass is 19.1. The average molecular weight is 279 g/mol. The van der Waals surface area contributed by atoms with E-state index in [9.17, 15) is 9.18 Å². The van der Waals surface area contributed by atoms with Gasteiger partial charge in [-0.15, -0.1) is 0 Å². The summed E-state index contributed by atoms with van der Waals surface area (Å²) in [5.74, 6) is 0.207. The van der Waals surface area contributed by atoms with Crippen LogP contribution >= 0.6 is 0 Å². The quantitative estimate of drug-likeness (QED) is 0.842. The van der Waals surface area contributed by atoms with Crippen LogP contribution in [0.5, 0.6) is 5.75 Å². The molecule has 0 spiro atoms. The monoisotopic (exact) mass is 279 g/mol. The summed E-state index contributed by atoms with van der Waals surface area (Å²) in [6.07, 6.45) is 2.68. The molecule has 0 aliphatic carbocycles. The van der Waals surface area contributed by atoms with Gasteiger partial charge in [0, 0.05) is 6.42 Å². The number of rotatable bonds is 5. The van der Waals surface area contributed by atoms with Crippen molar-refractivity contribution in [3.05, 3.63) is 29.6 Å². The number of piperidine rings is 1. The van der Waals surface area contributed by atoms with Crippen molar-refractivity contribution in [1.29, 1.82) is 0 Å². The molecule has 0 bridgehead atoms. The van der Waals surface area contributed by atoms with Crippen LogP contribution in [0.15, 0.2) is 18.2 Å². The summed E-state index contributed by atoms with van der Waals surface area (Å²) < 4.78 is 19.0. The van der Waals surface area contributed by atoms with Gasteiger partial charge in [0.05, 0.1) is 12.7 Å². The summed E-state index contributed by atoms with van der Waals surface area (Å²) in [6.45, 7) is 4.09. The van der Waals surface area contributed by atoms with E-state index < -0.39 is 5.82 Å². The van der Waals surface area contributed by atoms with Crippen molar-refractivity contribution >= 4 is 5.78 Å². The predicted molar refractivity (Wildman–Crippen MR) is 76.7 cm³/mol. The SMILES string of the molecule is COc1cccc(C(=O)CC(C)C2CCCNC2)c1F. The number of hydrogen-bond donors (Lipinski definition) is 1. The number of hydrogen-bond acceptors (Lipinski definition) is 3. The number of ether oxygens (including phenoxy) is 1. The third-order valence-corrected chi connectivity index (χ3v) is 4.13. The van der Waals surface area contributed by atoms with Gasteiger partial charge in [-0.05, 0) is 49.9 Å². The predicted octanol–water partition coefficient (Wildman–Crippen LogP) is 3.04. The summed E-state index contributed by atoms with van der Waals surface area (Å²) >= 11 is 0. The molecule has 0 radical (unpaired) electrons. The van der Waals surface area contributed by atoms with Gasteiger partial charge in [-0.2, -0.15) is 0 Å². The molecule has 1 heterocycles. The van der Waals surface area contributed by atoms with E-state index in [1.165, 1.54) is 19.2 Å². The Morgan fingerprint density at radius 2 is 2.35 bits per heavy atom. The zero-order valence-electron chi connectivity index (χ0n) is 12.1. The molecule has 1 saturated heterocycles. The van der Waals surface area contributed by atoms with Crippen LogP contribution in [-0.4, -0.2) is 26.0 Å². The molecule has 2 rings (SSSR count). The fourth-order valence-electron chi connectivity index (χ4n) is 2.82. The minimum absolute atomic E-state index is 0.128. The number of Topliss-reactive ketones (excluding diaryl/α,β-unsaturated/α-hetero) is 1. The fourth-order valence-corrected chi connectivity index (χ4v) is 2.82. The molecule has 0 aromatic heterocycles. The van der Waals surface area contributed by atoms with Crippen molar-refractivity contribution in [3.8, 4) is 5.75 Å². The Balaban J connectivity index is 2.04. The lowest BCUT2D eigenvalue weighted by atomic mass is 9.83. The maximum atomic E-state index is 14.1. The van der Waals surface area contributed by atoms with E-state index in [2.05, 4.69) is 12.2 Å². The maximum absolute atomic E-state index is 14.1. The van der Waals surface area contributed by atoms with E-state index in [0.29, 0.717) is 12.3 Å². The lowest BCUT2D eigenvalue weighted by Crippen LogP contribution is -2.34. The zero-order chi connectivity index (χ0) is 14.5. The van der Waals surface area contributed by atoms with Gasteiger partial charge in [0.15, 0.2) is 17.3 Å². The number of carbonyl (C=O) groups excluding carboxylic acids is 1. The number of halogens is 1. The Morgan fingerprint density at radius 3 is 3.00 bits per heavy atom. The second kappa shape index (κ2) is 6.84. The summed E-state index contributed by atoms with van der Waals surface area (Å²) in [5.41, 5.74) is 0.139. The first-order valence-electron chi connectivity index (χ1n) is 7.20. The summed E-state index contributed by atoms with van der Waals surface area (Å²) in [4.78, 5) is 12.3. The normalized spacial score (nSPS) is 20.4. The molecule has 1 aliphatic rings. The number of carbonyl (C=O) groups is 1. The maximum Gasteiger partial charge on any atom is 0.175 e. The van der Waals surface area contributed by atoms with Crippen molar-refractivity contribution in [3.63, 3.8) is 0 Å². The van der Waals surface area contributed by atoms with E-state index >= 15 is 0 Å². The first-order valence-corrected chi connectivity index (χ1v) is 7.20. The summed E-state index contributed by atoms with van der Waals surface area (Å²) in [7, 11) is 1.41. The highest BCUT2D eigenvalue weighted by molar-refractivity contribution is 5.96. The molecule has 1 aromatic rings. The highest BCUT2D eigenvalue weighted by Gasteiger charge is 2.24. The molecule has 1 fully saturated rings. The van der Waals surface area contributed by atoms with Gasteiger partial charge in [0.2, 0.25) is 0 Å². The Hall–Kier alpha value is -1.42. The van der Waals surface area contributed by atoms with Crippen molar-refractivity contribution in [2.75, 3.05) is 20.2 Å². The third kappa shape index (κ3) is 3.37. The molecule has 0 amide bonds. The van der Waals surface area contributed by atoms with Crippen LogP contribution in [-0.2, 0) is 0 Å². The van der Waals surface area contributed by atoms with Crippen molar-refractivity contribution in [2.24, 2.45) is 11.8 Å². The first-order chi connectivity index (χ1) is 9.63. The average Bonchev–Trinajstić information content (AvgIpc) is 2.48. The zero-order valence-corrected chi connectivity index (χ0v) is 12.1. The van der Waals surface area contributed by atoms with Crippen LogP contribution in [0.3, 0.4) is 0 Å². The van der Waals surface area contributed by atoms with Crippen LogP contribution < -0.4 is 10.1 Å². The lowest BCUT2D eigenvalue weighted by Gasteiger charge is -2.28. The third-order valence-electron chi connectivity index (χ3n) is 4.13. The van der Waals surface area contributed by atoms with Crippen LogP contribution in [0.4, 0.5) is 4.39 Å². The molecule has 20 heavy (non-hydrogen) atoms. The molecular formula is C16H22FNO2. The molecule has 3 nitrogen and oxygen atoms in total. The molecule has 1 aromatic carbocycles. The number of benzene rings is 1. The topological polar surface area (TPSA) is 38.3 Å². The minimum Gasteiger partial charge on any atom is -0.494 e. The first kappa shape index (κ1) is 15.0. The molecular weight excluding hydrogens is 257 g/mol. The standard InChI is InChI=1S/C16H22FNO2/c1-11(12-5-4-8-18-10-12)9-14(19)13-6-3-7-15(20-2)16(13)17/h3,6-7,11-12,18H,4-5,8-10H2,1-2H3. The minimum atomic E-state index is -0.547. The molecule has 110 valence electrons. The Morgan fingerprint density at radius 1 is 1.55 bits per heavy atom. The van der Waals surface area contributed by atoms with E-state index in [0.717, 1.165) is 25.9 Å². The van der Waals surface area contributed by atoms with E-state index in [-0.39, 0.29) is 23.0 Å². The molecule has 2 atom stereocenters. The van der Waals surface area contributed by atoms with Crippen LogP contribution in [0, 0.1) is 17.7 Å². The molecule has 2 unspecified atom stereocenters. The Kier molecular flexibility index (Phi) is 5.12. The van der Waals surface area contributed by atoms with E-state index in [4.69, 9.17) is 4.74 Å². The number of ketones is 1. The van der Waals surface area contributed by atoms with Gasteiger partial charge in [-0.1, -0.05) is 13.0 Å². The van der Waals surface area contributed by atoms with Crippen LogP contribution in [0.1, 0.15) is 36.5 Å². The highest BCUT2D eigenvalue weighted by Crippen LogP contribution is 2.26.